The maximum atomic E-state index is 11.8. The average Bonchev–Trinajstić information content (AvgIpc) is 2.68. The third kappa shape index (κ3) is 4.11. The number of piperidine rings is 1. The Morgan fingerprint density at radius 3 is 2.72 bits per heavy atom. The minimum atomic E-state index is -0.242. The summed E-state index contributed by atoms with van der Waals surface area (Å²) in [6.45, 7) is 8.12. The monoisotopic (exact) mass is 348 g/mol. The Kier molecular flexibility index (Phi) is 5.88. The van der Waals surface area contributed by atoms with Crippen molar-refractivity contribution in [3.05, 3.63) is 6.20 Å². The minimum Gasteiger partial charge on any atom is -0.450 e. The van der Waals surface area contributed by atoms with E-state index in [4.69, 9.17) is 9.72 Å². The smallest absolute Gasteiger partial charge is 0.409 e. The number of piperazine rings is 1. The highest BCUT2D eigenvalue weighted by Gasteiger charge is 2.26. The van der Waals surface area contributed by atoms with Crippen molar-refractivity contribution in [2.75, 3.05) is 49.1 Å². The van der Waals surface area contributed by atoms with Crippen molar-refractivity contribution in [2.45, 2.75) is 45.6 Å². The summed E-state index contributed by atoms with van der Waals surface area (Å²) in [6, 6.07) is 0.541. The number of rotatable bonds is 4. The lowest BCUT2D eigenvalue weighted by atomic mass is 10.0. The van der Waals surface area contributed by atoms with Crippen molar-refractivity contribution in [2.24, 2.45) is 0 Å². The molecule has 1 unspecified atom stereocenters. The molecule has 2 fully saturated rings. The van der Waals surface area contributed by atoms with Gasteiger partial charge in [-0.05, 0) is 32.6 Å². The fraction of sp³-hybridized carbons (Fsp3) is 0.765. The number of nitrogens with zero attached hydrogens (tertiary/aromatic N) is 6. The van der Waals surface area contributed by atoms with Gasteiger partial charge in [0.15, 0.2) is 5.82 Å². The lowest BCUT2D eigenvalue weighted by molar-refractivity contribution is 0.105. The first-order chi connectivity index (χ1) is 12.2. The number of hydrogen-bond donors (Lipinski definition) is 0. The van der Waals surface area contributed by atoms with Crippen LogP contribution in [0, 0.1) is 0 Å². The van der Waals surface area contributed by atoms with Crippen LogP contribution in [0.3, 0.4) is 0 Å². The molecule has 1 aromatic heterocycles. The predicted molar refractivity (Wildman–Crippen MR) is 95.9 cm³/mol. The first-order valence-electron chi connectivity index (χ1n) is 9.36. The maximum Gasteiger partial charge on any atom is 0.409 e. The molecule has 0 radical (unpaired) electrons. The first-order valence-corrected chi connectivity index (χ1v) is 9.36. The van der Waals surface area contributed by atoms with Crippen molar-refractivity contribution < 1.29 is 9.53 Å². The van der Waals surface area contributed by atoms with Crippen molar-refractivity contribution in [3.63, 3.8) is 0 Å². The number of aromatic nitrogens is 3. The zero-order valence-electron chi connectivity index (χ0n) is 15.2. The number of ether oxygens (including phenoxy) is 1. The molecule has 3 rings (SSSR count). The van der Waals surface area contributed by atoms with Gasteiger partial charge in [0, 0.05) is 38.8 Å². The summed E-state index contributed by atoms with van der Waals surface area (Å²) < 4.78 is 5.06. The molecule has 1 aromatic rings. The van der Waals surface area contributed by atoms with Gasteiger partial charge in [0.05, 0.1) is 12.8 Å². The van der Waals surface area contributed by atoms with Gasteiger partial charge in [0.1, 0.15) is 0 Å². The van der Waals surface area contributed by atoms with E-state index in [-0.39, 0.29) is 6.09 Å². The molecule has 2 aliphatic heterocycles. The van der Waals surface area contributed by atoms with Crippen LogP contribution in [0.4, 0.5) is 16.6 Å². The summed E-state index contributed by atoms with van der Waals surface area (Å²) in [5, 5.41) is 8.40. The highest BCUT2D eigenvalue weighted by Crippen LogP contribution is 2.25. The molecular formula is C17H28N6O2. The molecule has 8 heteroatoms. The van der Waals surface area contributed by atoms with Crippen molar-refractivity contribution in [3.8, 4) is 0 Å². The zero-order chi connectivity index (χ0) is 17.6. The molecule has 25 heavy (non-hydrogen) atoms. The largest absolute Gasteiger partial charge is 0.450 e. The van der Waals surface area contributed by atoms with Crippen LogP contribution in [0.5, 0.6) is 0 Å². The lowest BCUT2D eigenvalue weighted by Crippen LogP contribution is -2.49. The van der Waals surface area contributed by atoms with Crippen LogP contribution in [0.2, 0.25) is 0 Å². The van der Waals surface area contributed by atoms with Gasteiger partial charge in [0.2, 0.25) is 5.95 Å². The maximum absolute atomic E-state index is 11.8. The van der Waals surface area contributed by atoms with E-state index in [2.05, 4.69) is 26.9 Å². The Labute approximate surface area is 149 Å². The molecule has 2 saturated heterocycles. The SMILES string of the molecule is CCOC(=O)N1CCN(c2nncc(N3CCCCC3CC)n2)CC1. The second-order valence-corrected chi connectivity index (χ2v) is 6.54. The van der Waals surface area contributed by atoms with E-state index in [1.54, 1.807) is 11.1 Å². The number of hydrogen-bond acceptors (Lipinski definition) is 7. The van der Waals surface area contributed by atoms with Gasteiger partial charge in [-0.3, -0.25) is 0 Å². The van der Waals surface area contributed by atoms with Gasteiger partial charge >= 0.3 is 6.09 Å². The minimum absolute atomic E-state index is 0.242. The zero-order valence-corrected chi connectivity index (χ0v) is 15.2. The molecule has 1 atom stereocenters. The van der Waals surface area contributed by atoms with Crippen LogP contribution in [-0.4, -0.2) is 71.5 Å². The normalized spacial score (nSPS) is 21.4. The Morgan fingerprint density at radius 1 is 1.20 bits per heavy atom. The molecule has 3 heterocycles. The fourth-order valence-corrected chi connectivity index (χ4v) is 3.59. The van der Waals surface area contributed by atoms with Gasteiger partial charge in [0.25, 0.3) is 0 Å². The molecule has 0 bridgehead atoms. The second-order valence-electron chi connectivity index (χ2n) is 6.54. The quantitative estimate of drug-likeness (QED) is 0.823. The van der Waals surface area contributed by atoms with Crippen LogP contribution in [0.25, 0.3) is 0 Å². The van der Waals surface area contributed by atoms with Gasteiger partial charge in [-0.15, -0.1) is 5.10 Å². The Balaban J connectivity index is 1.65. The van der Waals surface area contributed by atoms with E-state index < -0.39 is 0 Å². The van der Waals surface area contributed by atoms with Crippen LogP contribution in [0.15, 0.2) is 6.20 Å². The third-order valence-corrected chi connectivity index (χ3v) is 5.02. The van der Waals surface area contributed by atoms with E-state index >= 15 is 0 Å². The summed E-state index contributed by atoms with van der Waals surface area (Å²) in [6.07, 6.45) is 6.36. The summed E-state index contributed by atoms with van der Waals surface area (Å²) in [5.74, 6) is 1.57. The van der Waals surface area contributed by atoms with E-state index in [0.29, 0.717) is 44.8 Å². The number of amides is 1. The molecule has 0 aromatic carbocycles. The summed E-state index contributed by atoms with van der Waals surface area (Å²) >= 11 is 0. The summed E-state index contributed by atoms with van der Waals surface area (Å²) in [5.41, 5.74) is 0. The molecule has 0 saturated carbocycles. The van der Waals surface area contributed by atoms with Crippen molar-refractivity contribution in [1.82, 2.24) is 20.1 Å². The molecule has 0 spiro atoms. The van der Waals surface area contributed by atoms with E-state index in [0.717, 1.165) is 18.8 Å². The molecule has 138 valence electrons. The van der Waals surface area contributed by atoms with Gasteiger partial charge in [-0.2, -0.15) is 10.1 Å². The predicted octanol–water partition coefficient (Wildman–Crippen LogP) is 1.92. The Hall–Kier alpha value is -2.12. The average molecular weight is 348 g/mol. The van der Waals surface area contributed by atoms with E-state index in [9.17, 15) is 4.79 Å². The summed E-state index contributed by atoms with van der Waals surface area (Å²) in [4.78, 5) is 22.8. The number of carbonyl (C=O) groups is 1. The Morgan fingerprint density at radius 2 is 2.00 bits per heavy atom. The van der Waals surface area contributed by atoms with Gasteiger partial charge in [-0.25, -0.2) is 4.79 Å². The standard InChI is InChI=1S/C17H28N6O2/c1-3-14-7-5-6-8-23(14)15-13-18-20-16(19-15)21-9-11-22(12-10-21)17(24)25-4-2/h13-14H,3-12H2,1-2H3. The molecular weight excluding hydrogens is 320 g/mol. The van der Waals surface area contributed by atoms with Crippen LogP contribution >= 0.6 is 0 Å². The fourth-order valence-electron chi connectivity index (χ4n) is 3.59. The van der Waals surface area contributed by atoms with Gasteiger partial charge < -0.3 is 19.4 Å². The van der Waals surface area contributed by atoms with E-state index in [1.807, 2.05) is 6.92 Å². The van der Waals surface area contributed by atoms with Crippen LogP contribution < -0.4 is 9.80 Å². The van der Waals surface area contributed by atoms with Crippen molar-refractivity contribution in [1.29, 1.82) is 0 Å². The second kappa shape index (κ2) is 8.31. The molecule has 1 amide bonds. The topological polar surface area (TPSA) is 74.7 Å². The van der Waals surface area contributed by atoms with Crippen LogP contribution in [-0.2, 0) is 4.74 Å². The van der Waals surface area contributed by atoms with Crippen LogP contribution in [0.1, 0.15) is 39.5 Å². The summed E-state index contributed by atoms with van der Waals surface area (Å²) in [7, 11) is 0. The highest BCUT2D eigenvalue weighted by atomic mass is 16.6. The van der Waals surface area contributed by atoms with E-state index in [1.165, 1.54) is 19.3 Å². The highest BCUT2D eigenvalue weighted by molar-refractivity contribution is 5.68. The van der Waals surface area contributed by atoms with Crippen molar-refractivity contribution >= 4 is 17.9 Å². The Bertz CT molecular complexity index is 576. The number of carbonyl (C=O) groups excluding carboxylic acids is 1. The first kappa shape index (κ1) is 17.7. The molecule has 0 N–H and O–H groups in total. The third-order valence-electron chi connectivity index (χ3n) is 5.02. The van der Waals surface area contributed by atoms with Gasteiger partial charge in [-0.1, -0.05) is 6.92 Å². The lowest BCUT2D eigenvalue weighted by Gasteiger charge is -2.37. The molecule has 2 aliphatic rings. The molecule has 8 nitrogen and oxygen atoms in total. The number of anilines is 2. The molecule has 0 aliphatic carbocycles.